The summed E-state index contributed by atoms with van der Waals surface area (Å²) in [4.78, 5) is 28.2. The van der Waals surface area contributed by atoms with Crippen molar-refractivity contribution in [3.63, 3.8) is 0 Å². The fourth-order valence-corrected chi connectivity index (χ4v) is 4.40. The highest BCUT2D eigenvalue weighted by Crippen LogP contribution is 2.44. The molecular weight excluding hydrogens is 438 g/mol. The molecule has 0 fully saturated rings. The maximum Gasteiger partial charge on any atom is 0.264 e. The van der Waals surface area contributed by atoms with E-state index in [-0.39, 0.29) is 19.1 Å². The molecule has 0 unspecified atom stereocenters. The predicted octanol–water partition coefficient (Wildman–Crippen LogP) is 3.44. The number of carbonyl (C=O) groups excluding carboxylic acids is 2. The Hall–Kier alpha value is -4.04. The number of aliphatic hydroxyl groups is 1. The van der Waals surface area contributed by atoms with Crippen LogP contribution in [0.4, 0.5) is 5.69 Å². The summed E-state index contributed by atoms with van der Waals surface area (Å²) in [5.41, 5.74) is 0.0898. The lowest BCUT2D eigenvalue weighted by Gasteiger charge is -2.23. The van der Waals surface area contributed by atoms with Crippen LogP contribution in [-0.2, 0) is 16.9 Å². The number of Topliss-reactive ketones (excluding diaryl/α,β-unsaturated/α-hetero) is 1. The molecule has 8 nitrogen and oxygen atoms in total. The number of rotatable bonds is 7. The zero-order chi connectivity index (χ0) is 23.9. The second-order valence-corrected chi connectivity index (χ2v) is 8.13. The predicted molar refractivity (Wildman–Crippen MR) is 123 cm³/mol. The van der Waals surface area contributed by atoms with E-state index in [0.29, 0.717) is 39.8 Å². The first kappa shape index (κ1) is 21.8. The highest BCUT2D eigenvalue weighted by Gasteiger charge is 2.50. The van der Waals surface area contributed by atoms with E-state index in [0.717, 1.165) is 5.56 Å². The van der Waals surface area contributed by atoms with Crippen LogP contribution in [0, 0.1) is 0 Å². The fourth-order valence-electron chi connectivity index (χ4n) is 4.40. The van der Waals surface area contributed by atoms with Gasteiger partial charge >= 0.3 is 0 Å². The van der Waals surface area contributed by atoms with Crippen molar-refractivity contribution < 1.29 is 33.6 Å². The van der Waals surface area contributed by atoms with Gasteiger partial charge in [-0.2, -0.15) is 0 Å². The summed E-state index contributed by atoms with van der Waals surface area (Å²) in [6, 6.07) is 17.2. The number of hydrogen-bond donors (Lipinski definition) is 1. The highest BCUT2D eigenvalue weighted by molar-refractivity contribution is 6.10. The standard InChI is InChI=1S/C26H23NO7/c1-31-21-9-7-16(11-23(21)32-2)14-27-19-6-4-3-5-18(19)26(30,25(27)29)13-20(28)17-8-10-22-24(12-17)34-15-33-22/h3-12,30H,13-15H2,1-2H3/t26-/m0/s1. The number of para-hydroxylation sites is 1. The average Bonchev–Trinajstić information content (AvgIpc) is 3.41. The fraction of sp³-hybridized carbons (Fsp3) is 0.231. The van der Waals surface area contributed by atoms with Crippen molar-refractivity contribution >= 4 is 17.4 Å². The number of anilines is 1. The largest absolute Gasteiger partial charge is 0.493 e. The molecule has 5 rings (SSSR count). The molecule has 2 aliphatic heterocycles. The van der Waals surface area contributed by atoms with Crippen LogP contribution < -0.4 is 23.8 Å². The van der Waals surface area contributed by atoms with Gasteiger partial charge in [-0.15, -0.1) is 0 Å². The number of carbonyl (C=O) groups is 2. The Bertz CT molecular complexity index is 1290. The summed E-state index contributed by atoms with van der Waals surface area (Å²) in [7, 11) is 3.09. The van der Waals surface area contributed by atoms with Gasteiger partial charge < -0.3 is 29.0 Å². The monoisotopic (exact) mass is 461 g/mol. The third kappa shape index (κ3) is 3.52. The molecule has 2 aliphatic rings. The number of amides is 1. The van der Waals surface area contributed by atoms with E-state index in [4.69, 9.17) is 18.9 Å². The van der Waals surface area contributed by atoms with Gasteiger partial charge in [0.2, 0.25) is 6.79 Å². The van der Waals surface area contributed by atoms with E-state index in [9.17, 15) is 14.7 Å². The molecule has 0 saturated heterocycles. The quantitative estimate of drug-likeness (QED) is 0.539. The summed E-state index contributed by atoms with van der Waals surface area (Å²) in [6.45, 7) is 0.282. The molecule has 2 heterocycles. The van der Waals surface area contributed by atoms with E-state index in [1.54, 1.807) is 68.8 Å². The minimum atomic E-state index is -1.99. The van der Waals surface area contributed by atoms with Crippen molar-refractivity contribution in [3.8, 4) is 23.0 Å². The lowest BCUT2D eigenvalue weighted by atomic mass is 9.88. The van der Waals surface area contributed by atoms with Gasteiger partial charge in [0.1, 0.15) is 0 Å². The Morgan fingerprint density at radius 2 is 1.76 bits per heavy atom. The van der Waals surface area contributed by atoms with Gasteiger partial charge in [-0.3, -0.25) is 9.59 Å². The average molecular weight is 461 g/mol. The van der Waals surface area contributed by atoms with Crippen LogP contribution in [0.5, 0.6) is 23.0 Å². The normalized spacial score (nSPS) is 18.1. The van der Waals surface area contributed by atoms with E-state index in [1.165, 1.54) is 4.90 Å². The Labute approximate surface area is 196 Å². The molecule has 8 heteroatoms. The SMILES string of the molecule is COc1ccc(CN2C(=O)[C@](O)(CC(=O)c3ccc4c(c3)OCO4)c3ccccc32)cc1OC. The van der Waals surface area contributed by atoms with E-state index in [1.807, 2.05) is 6.07 Å². The molecule has 0 saturated carbocycles. The smallest absolute Gasteiger partial charge is 0.264 e. The Morgan fingerprint density at radius 1 is 1.00 bits per heavy atom. The minimum Gasteiger partial charge on any atom is -0.493 e. The molecule has 3 aromatic rings. The molecule has 174 valence electrons. The van der Waals surface area contributed by atoms with Gasteiger partial charge in [-0.05, 0) is 42.0 Å². The van der Waals surface area contributed by atoms with Gasteiger partial charge in [0.25, 0.3) is 5.91 Å². The van der Waals surface area contributed by atoms with Crippen LogP contribution in [0.3, 0.4) is 0 Å². The summed E-state index contributed by atoms with van der Waals surface area (Å²) >= 11 is 0. The Kier molecular flexibility index (Phi) is 5.37. The first-order chi connectivity index (χ1) is 16.4. The zero-order valence-electron chi connectivity index (χ0n) is 18.7. The van der Waals surface area contributed by atoms with Gasteiger partial charge in [0.15, 0.2) is 34.4 Å². The van der Waals surface area contributed by atoms with Crippen LogP contribution in [0.2, 0.25) is 0 Å². The first-order valence-electron chi connectivity index (χ1n) is 10.7. The summed E-state index contributed by atoms with van der Waals surface area (Å²) < 4.78 is 21.3. The maximum atomic E-state index is 13.5. The topological polar surface area (TPSA) is 94.5 Å². The summed E-state index contributed by atoms with van der Waals surface area (Å²) in [5.74, 6) is 1.19. The molecule has 0 bridgehead atoms. The van der Waals surface area contributed by atoms with Crippen LogP contribution in [-0.4, -0.2) is 37.8 Å². The van der Waals surface area contributed by atoms with Gasteiger partial charge in [-0.1, -0.05) is 24.3 Å². The van der Waals surface area contributed by atoms with Crippen molar-refractivity contribution in [2.24, 2.45) is 0 Å². The molecule has 1 N–H and O–H groups in total. The summed E-state index contributed by atoms with van der Waals surface area (Å²) in [6.07, 6.45) is -0.398. The Morgan fingerprint density at radius 3 is 2.56 bits per heavy atom. The lowest BCUT2D eigenvalue weighted by Crippen LogP contribution is -2.41. The summed E-state index contributed by atoms with van der Waals surface area (Å²) in [5, 5.41) is 11.6. The van der Waals surface area contributed by atoms with Crippen LogP contribution in [0.15, 0.2) is 60.7 Å². The van der Waals surface area contributed by atoms with E-state index >= 15 is 0 Å². The van der Waals surface area contributed by atoms with Crippen molar-refractivity contribution in [2.45, 2.75) is 18.6 Å². The van der Waals surface area contributed by atoms with Crippen LogP contribution >= 0.6 is 0 Å². The molecular formula is C26H23NO7. The first-order valence-corrected chi connectivity index (χ1v) is 10.7. The van der Waals surface area contributed by atoms with Gasteiger partial charge in [0.05, 0.1) is 32.9 Å². The molecule has 34 heavy (non-hydrogen) atoms. The van der Waals surface area contributed by atoms with Crippen molar-refractivity contribution in [2.75, 3.05) is 25.9 Å². The maximum absolute atomic E-state index is 13.5. The number of benzene rings is 3. The third-order valence-electron chi connectivity index (χ3n) is 6.14. The van der Waals surface area contributed by atoms with Gasteiger partial charge in [-0.25, -0.2) is 0 Å². The molecule has 0 aliphatic carbocycles. The van der Waals surface area contributed by atoms with Crippen LogP contribution in [0.25, 0.3) is 0 Å². The molecule has 1 amide bonds. The highest BCUT2D eigenvalue weighted by atomic mass is 16.7. The van der Waals surface area contributed by atoms with E-state index < -0.39 is 17.9 Å². The molecule has 0 aromatic heterocycles. The molecule has 3 aromatic carbocycles. The van der Waals surface area contributed by atoms with Crippen molar-refractivity contribution in [3.05, 3.63) is 77.4 Å². The van der Waals surface area contributed by atoms with Crippen molar-refractivity contribution in [1.29, 1.82) is 0 Å². The Balaban J connectivity index is 1.45. The van der Waals surface area contributed by atoms with Crippen molar-refractivity contribution in [1.82, 2.24) is 0 Å². The molecule has 0 spiro atoms. The number of ketones is 1. The number of hydrogen-bond acceptors (Lipinski definition) is 7. The molecule has 1 atom stereocenters. The van der Waals surface area contributed by atoms with Gasteiger partial charge in [0, 0.05) is 11.1 Å². The minimum absolute atomic E-state index is 0.0912. The lowest BCUT2D eigenvalue weighted by molar-refractivity contribution is -0.136. The number of ether oxygens (including phenoxy) is 4. The van der Waals surface area contributed by atoms with E-state index in [2.05, 4.69) is 0 Å². The number of fused-ring (bicyclic) bond motifs is 2. The molecule has 0 radical (unpaired) electrons. The second kappa shape index (κ2) is 8.39. The number of methoxy groups -OCH3 is 2. The van der Waals surface area contributed by atoms with Crippen LogP contribution in [0.1, 0.15) is 27.9 Å². The third-order valence-corrected chi connectivity index (χ3v) is 6.14. The number of nitrogens with zero attached hydrogens (tertiary/aromatic N) is 1. The zero-order valence-corrected chi connectivity index (χ0v) is 18.7. The second-order valence-electron chi connectivity index (χ2n) is 8.13.